The highest BCUT2D eigenvalue weighted by molar-refractivity contribution is 7.91. The number of aliphatic carboxylic acids is 1. The van der Waals surface area contributed by atoms with Crippen molar-refractivity contribution in [1.29, 1.82) is 0 Å². The van der Waals surface area contributed by atoms with Crippen molar-refractivity contribution in [2.45, 2.75) is 20.3 Å². The molecule has 0 aromatic heterocycles. The molecule has 1 fully saturated rings. The van der Waals surface area contributed by atoms with Gasteiger partial charge in [-0.3, -0.25) is 9.59 Å². The van der Waals surface area contributed by atoms with Gasteiger partial charge in [0.1, 0.15) is 0 Å². The number of nitrogens with one attached hydrogen (secondary N) is 1. The average Bonchev–Trinajstić information content (AvgIpc) is 2.57. The molecule has 2 N–H and O–H groups in total. The third-order valence-electron chi connectivity index (χ3n) is 3.22. The fourth-order valence-electron chi connectivity index (χ4n) is 1.96. The van der Waals surface area contributed by atoms with E-state index < -0.39 is 27.6 Å². The molecule has 2 atom stereocenters. The zero-order valence-corrected chi connectivity index (χ0v) is 11.4. The molecule has 1 amide bonds. The molecule has 0 aromatic carbocycles. The van der Waals surface area contributed by atoms with Crippen LogP contribution in [0.1, 0.15) is 20.3 Å². The van der Waals surface area contributed by atoms with Crippen molar-refractivity contribution in [3.63, 3.8) is 0 Å². The summed E-state index contributed by atoms with van der Waals surface area (Å²) in [6.07, 6.45) is 0.327. The van der Waals surface area contributed by atoms with E-state index in [0.29, 0.717) is 6.42 Å². The molecule has 0 saturated carbocycles. The van der Waals surface area contributed by atoms with Crippen LogP contribution >= 0.6 is 0 Å². The summed E-state index contributed by atoms with van der Waals surface area (Å²) in [5.41, 5.74) is 0. The monoisotopic (exact) mass is 277 g/mol. The summed E-state index contributed by atoms with van der Waals surface area (Å²) in [5.74, 6) is -2.67. The Morgan fingerprint density at radius 2 is 2.00 bits per heavy atom. The van der Waals surface area contributed by atoms with E-state index in [1.54, 1.807) is 13.8 Å². The van der Waals surface area contributed by atoms with Crippen molar-refractivity contribution in [1.82, 2.24) is 5.32 Å². The van der Waals surface area contributed by atoms with E-state index in [1.165, 1.54) is 0 Å². The van der Waals surface area contributed by atoms with Gasteiger partial charge in [0.15, 0.2) is 9.84 Å². The van der Waals surface area contributed by atoms with E-state index in [4.69, 9.17) is 5.11 Å². The molecule has 1 heterocycles. The number of hydrogen-bond acceptors (Lipinski definition) is 4. The lowest BCUT2D eigenvalue weighted by Gasteiger charge is -2.18. The second kappa shape index (κ2) is 5.69. The summed E-state index contributed by atoms with van der Waals surface area (Å²) in [6, 6.07) is 0. The molecule has 1 rings (SSSR count). The number of rotatable bonds is 5. The highest BCUT2D eigenvalue weighted by Crippen LogP contribution is 2.18. The van der Waals surface area contributed by atoms with Gasteiger partial charge in [-0.1, -0.05) is 13.8 Å². The largest absolute Gasteiger partial charge is 0.481 e. The van der Waals surface area contributed by atoms with Crippen molar-refractivity contribution in [3.05, 3.63) is 0 Å². The maximum absolute atomic E-state index is 11.7. The van der Waals surface area contributed by atoms with Gasteiger partial charge in [0.2, 0.25) is 5.91 Å². The smallest absolute Gasteiger partial charge is 0.308 e. The van der Waals surface area contributed by atoms with Crippen LogP contribution in [0.5, 0.6) is 0 Å². The quantitative estimate of drug-likeness (QED) is 0.730. The molecular weight excluding hydrogens is 258 g/mol. The molecule has 7 heteroatoms. The fourth-order valence-corrected chi connectivity index (χ4v) is 3.71. The first-order valence-corrected chi connectivity index (χ1v) is 7.76. The van der Waals surface area contributed by atoms with Crippen LogP contribution in [0.15, 0.2) is 0 Å². The molecule has 104 valence electrons. The minimum absolute atomic E-state index is 0.0393. The van der Waals surface area contributed by atoms with Crippen LogP contribution in [0.4, 0.5) is 0 Å². The van der Waals surface area contributed by atoms with Crippen LogP contribution in [0, 0.1) is 17.8 Å². The predicted molar refractivity (Wildman–Crippen MR) is 65.7 cm³/mol. The van der Waals surface area contributed by atoms with Crippen LogP contribution in [0.3, 0.4) is 0 Å². The summed E-state index contributed by atoms with van der Waals surface area (Å²) in [6.45, 7) is 3.58. The molecule has 0 spiro atoms. The third kappa shape index (κ3) is 3.97. The lowest BCUT2D eigenvalue weighted by molar-refractivity contribution is -0.143. The van der Waals surface area contributed by atoms with Gasteiger partial charge >= 0.3 is 5.97 Å². The molecular formula is C11H19NO5S. The van der Waals surface area contributed by atoms with Gasteiger partial charge in [0, 0.05) is 6.54 Å². The predicted octanol–water partition coefficient (Wildman–Crippen LogP) is -0.106. The van der Waals surface area contributed by atoms with E-state index in [9.17, 15) is 18.0 Å². The molecule has 1 saturated heterocycles. The van der Waals surface area contributed by atoms with Gasteiger partial charge in [-0.15, -0.1) is 0 Å². The highest BCUT2D eigenvalue weighted by Gasteiger charge is 2.33. The Labute approximate surface area is 107 Å². The molecule has 1 aliphatic heterocycles. The fraction of sp³-hybridized carbons (Fsp3) is 0.818. The van der Waals surface area contributed by atoms with E-state index >= 15 is 0 Å². The van der Waals surface area contributed by atoms with Crippen LogP contribution in [0.25, 0.3) is 0 Å². The number of carboxylic acid groups (broad SMARTS) is 1. The van der Waals surface area contributed by atoms with Gasteiger partial charge in [0.05, 0.1) is 23.3 Å². The Hall–Kier alpha value is -1.11. The number of carbonyl (C=O) groups is 2. The third-order valence-corrected chi connectivity index (χ3v) is 4.99. The second-order valence-electron chi connectivity index (χ2n) is 5.03. The normalized spacial score (nSPS) is 23.8. The lowest BCUT2D eigenvalue weighted by Crippen LogP contribution is -2.38. The highest BCUT2D eigenvalue weighted by atomic mass is 32.2. The zero-order valence-electron chi connectivity index (χ0n) is 10.5. The number of amides is 1. The topological polar surface area (TPSA) is 101 Å². The van der Waals surface area contributed by atoms with Crippen molar-refractivity contribution in [3.8, 4) is 0 Å². The van der Waals surface area contributed by atoms with Gasteiger partial charge in [-0.2, -0.15) is 0 Å². The van der Waals surface area contributed by atoms with Crippen LogP contribution in [-0.4, -0.2) is 43.5 Å². The lowest BCUT2D eigenvalue weighted by atomic mass is 9.96. The summed E-state index contributed by atoms with van der Waals surface area (Å²) in [7, 11) is -3.09. The second-order valence-corrected chi connectivity index (χ2v) is 7.26. The summed E-state index contributed by atoms with van der Waals surface area (Å²) in [5, 5.41) is 11.5. The number of sulfone groups is 1. The Bertz CT molecular complexity index is 429. The minimum Gasteiger partial charge on any atom is -0.481 e. The van der Waals surface area contributed by atoms with E-state index in [-0.39, 0.29) is 29.9 Å². The van der Waals surface area contributed by atoms with E-state index in [1.807, 2.05) is 0 Å². The van der Waals surface area contributed by atoms with Crippen LogP contribution in [-0.2, 0) is 19.4 Å². The number of hydrogen-bond donors (Lipinski definition) is 2. The van der Waals surface area contributed by atoms with Gasteiger partial charge in [-0.25, -0.2) is 8.42 Å². The first-order valence-electron chi connectivity index (χ1n) is 5.94. The standard InChI is InChI=1S/C11H19NO5S/c1-7(2)9(11(14)15)5-12-10(13)8-3-4-18(16,17)6-8/h7-9H,3-6H2,1-2H3,(H,12,13)(H,14,15). The SMILES string of the molecule is CC(C)C(CNC(=O)C1CCS(=O)(=O)C1)C(=O)O. The van der Waals surface area contributed by atoms with Crippen molar-refractivity contribution >= 4 is 21.7 Å². The molecule has 2 unspecified atom stereocenters. The first kappa shape index (κ1) is 14.9. The molecule has 0 aromatic rings. The molecule has 1 aliphatic rings. The Kier molecular flexibility index (Phi) is 4.72. The van der Waals surface area contributed by atoms with Crippen molar-refractivity contribution < 1.29 is 23.1 Å². The van der Waals surface area contributed by atoms with Gasteiger partial charge in [-0.05, 0) is 12.3 Å². The molecule has 0 radical (unpaired) electrons. The molecule has 18 heavy (non-hydrogen) atoms. The van der Waals surface area contributed by atoms with E-state index in [0.717, 1.165) is 0 Å². The van der Waals surface area contributed by atoms with Gasteiger partial charge < -0.3 is 10.4 Å². The van der Waals surface area contributed by atoms with Crippen LogP contribution < -0.4 is 5.32 Å². The minimum atomic E-state index is -3.09. The molecule has 0 bridgehead atoms. The average molecular weight is 277 g/mol. The van der Waals surface area contributed by atoms with Crippen molar-refractivity contribution in [2.75, 3.05) is 18.1 Å². The summed E-state index contributed by atoms with van der Waals surface area (Å²) < 4.78 is 22.5. The molecule has 6 nitrogen and oxygen atoms in total. The summed E-state index contributed by atoms with van der Waals surface area (Å²) >= 11 is 0. The molecule has 0 aliphatic carbocycles. The van der Waals surface area contributed by atoms with Crippen LogP contribution in [0.2, 0.25) is 0 Å². The maximum Gasteiger partial charge on any atom is 0.308 e. The van der Waals surface area contributed by atoms with Gasteiger partial charge in [0.25, 0.3) is 0 Å². The zero-order chi connectivity index (χ0) is 13.9. The van der Waals surface area contributed by atoms with Crippen molar-refractivity contribution in [2.24, 2.45) is 17.8 Å². The summed E-state index contributed by atoms with van der Waals surface area (Å²) in [4.78, 5) is 22.6. The number of carbonyl (C=O) groups excluding carboxylic acids is 1. The Morgan fingerprint density at radius 1 is 1.39 bits per heavy atom. The maximum atomic E-state index is 11.7. The van der Waals surface area contributed by atoms with E-state index in [2.05, 4.69) is 5.32 Å². The Balaban J connectivity index is 2.49. The first-order chi connectivity index (χ1) is 8.23. The number of carboxylic acids is 1. The Morgan fingerprint density at radius 3 is 2.39 bits per heavy atom.